The molecule has 3 aromatic rings. The largest absolute Gasteiger partial charge is 0.377 e. The Hall–Kier alpha value is -3.01. The fourth-order valence-corrected chi connectivity index (χ4v) is 5.44. The number of sulfonamides is 1. The van der Waals surface area contributed by atoms with Crippen molar-refractivity contribution in [1.29, 1.82) is 0 Å². The van der Waals surface area contributed by atoms with E-state index in [2.05, 4.69) is 10.3 Å². The maximum atomic E-state index is 13.5. The number of aromatic amines is 1. The van der Waals surface area contributed by atoms with Crippen LogP contribution < -0.4 is 10.9 Å². The standard InChI is InChI=1S/C24H27N3O5S/c1-16-5-6-18-13-19(24(29)26-23(18)12-16)14-27(15-21-4-3-11-32-21)33(30,31)22-9-7-20(8-10-22)25-17(2)28/h5-10,12-13,21H,3-4,11,14-15H2,1-2H3,(H,25,28)(H,26,29)/t21-/m0/s1. The number of carbonyl (C=O) groups is 1. The molecule has 9 heteroatoms. The van der Waals surface area contributed by atoms with Crippen molar-refractivity contribution < 1.29 is 17.9 Å². The molecule has 0 spiro atoms. The van der Waals surface area contributed by atoms with Gasteiger partial charge in [0.2, 0.25) is 15.9 Å². The molecule has 2 N–H and O–H groups in total. The number of benzene rings is 2. The topological polar surface area (TPSA) is 109 Å². The van der Waals surface area contributed by atoms with Crippen LogP contribution in [0, 0.1) is 6.92 Å². The molecule has 1 amide bonds. The minimum Gasteiger partial charge on any atom is -0.377 e. The number of fused-ring (bicyclic) bond motifs is 1. The number of ether oxygens (including phenoxy) is 1. The molecule has 0 saturated carbocycles. The van der Waals surface area contributed by atoms with Gasteiger partial charge in [0.05, 0.1) is 11.0 Å². The number of hydrogen-bond acceptors (Lipinski definition) is 5. The minimum absolute atomic E-state index is 0.0746. The second kappa shape index (κ2) is 9.46. The van der Waals surface area contributed by atoms with Gasteiger partial charge < -0.3 is 15.0 Å². The average Bonchev–Trinajstić information content (AvgIpc) is 3.27. The monoisotopic (exact) mass is 469 g/mol. The number of pyridine rings is 1. The number of aromatic nitrogens is 1. The third kappa shape index (κ3) is 5.32. The molecule has 0 unspecified atom stereocenters. The smallest absolute Gasteiger partial charge is 0.252 e. The molecular formula is C24H27N3O5S. The van der Waals surface area contributed by atoms with Gasteiger partial charge in [-0.05, 0) is 67.1 Å². The van der Waals surface area contributed by atoms with Crippen LogP contribution in [0.15, 0.2) is 58.2 Å². The highest BCUT2D eigenvalue weighted by molar-refractivity contribution is 7.89. The Kier molecular flexibility index (Phi) is 6.64. The van der Waals surface area contributed by atoms with Gasteiger partial charge in [0.25, 0.3) is 5.56 Å². The third-order valence-corrected chi connectivity index (χ3v) is 7.49. The molecule has 1 aliphatic heterocycles. The van der Waals surface area contributed by atoms with Crippen LogP contribution in [0.4, 0.5) is 5.69 Å². The van der Waals surface area contributed by atoms with Gasteiger partial charge in [0.1, 0.15) is 0 Å². The molecule has 4 rings (SSSR count). The van der Waals surface area contributed by atoms with Gasteiger partial charge in [0, 0.05) is 43.4 Å². The average molecular weight is 470 g/mol. The number of H-pyrrole nitrogens is 1. The molecule has 8 nitrogen and oxygen atoms in total. The summed E-state index contributed by atoms with van der Waals surface area (Å²) in [6.45, 7) is 4.00. The number of rotatable bonds is 7. The number of anilines is 1. The van der Waals surface area contributed by atoms with Gasteiger partial charge in [-0.3, -0.25) is 9.59 Å². The summed E-state index contributed by atoms with van der Waals surface area (Å²) in [5, 5.41) is 3.46. The number of carbonyl (C=O) groups excluding carboxylic acids is 1. The van der Waals surface area contributed by atoms with E-state index in [0.29, 0.717) is 23.4 Å². The number of aryl methyl sites for hydroxylation is 1. The third-order valence-electron chi connectivity index (χ3n) is 5.67. The van der Waals surface area contributed by atoms with Crippen molar-refractivity contribution in [3.63, 3.8) is 0 Å². The fraction of sp³-hybridized carbons (Fsp3) is 0.333. The number of amides is 1. The van der Waals surface area contributed by atoms with Crippen molar-refractivity contribution in [2.45, 2.75) is 44.2 Å². The molecule has 33 heavy (non-hydrogen) atoms. The van der Waals surface area contributed by atoms with E-state index in [9.17, 15) is 18.0 Å². The second-order valence-corrected chi connectivity index (χ2v) is 10.3. The molecule has 1 aliphatic rings. The lowest BCUT2D eigenvalue weighted by molar-refractivity contribution is -0.114. The van der Waals surface area contributed by atoms with Crippen LogP contribution in [-0.2, 0) is 26.1 Å². The Morgan fingerprint density at radius 2 is 1.94 bits per heavy atom. The summed E-state index contributed by atoms with van der Waals surface area (Å²) in [7, 11) is -3.92. The molecule has 1 saturated heterocycles. The van der Waals surface area contributed by atoms with E-state index in [1.807, 2.05) is 25.1 Å². The fourth-order valence-electron chi connectivity index (χ4n) is 3.99. The minimum atomic E-state index is -3.92. The van der Waals surface area contributed by atoms with Crippen LogP contribution in [0.25, 0.3) is 10.9 Å². The van der Waals surface area contributed by atoms with E-state index >= 15 is 0 Å². The normalized spacial score (nSPS) is 16.4. The van der Waals surface area contributed by atoms with Crippen molar-refractivity contribution in [3.05, 3.63) is 70.0 Å². The molecule has 0 bridgehead atoms. The first-order valence-electron chi connectivity index (χ1n) is 10.8. The first-order chi connectivity index (χ1) is 15.7. The zero-order valence-corrected chi connectivity index (χ0v) is 19.4. The molecule has 0 radical (unpaired) electrons. The Morgan fingerprint density at radius 1 is 1.18 bits per heavy atom. The highest BCUT2D eigenvalue weighted by atomic mass is 32.2. The van der Waals surface area contributed by atoms with Crippen LogP contribution >= 0.6 is 0 Å². The van der Waals surface area contributed by atoms with E-state index in [0.717, 1.165) is 23.8 Å². The predicted molar refractivity (Wildman–Crippen MR) is 127 cm³/mol. The summed E-state index contributed by atoms with van der Waals surface area (Å²) in [5.74, 6) is -0.240. The van der Waals surface area contributed by atoms with E-state index in [1.54, 1.807) is 18.2 Å². The first-order valence-corrected chi connectivity index (χ1v) is 12.3. The van der Waals surface area contributed by atoms with E-state index in [1.165, 1.54) is 23.4 Å². The Balaban J connectivity index is 1.68. The van der Waals surface area contributed by atoms with Crippen LogP contribution in [0.3, 0.4) is 0 Å². The van der Waals surface area contributed by atoms with Crippen molar-refractivity contribution in [3.8, 4) is 0 Å². The highest BCUT2D eigenvalue weighted by Gasteiger charge is 2.30. The molecular weight excluding hydrogens is 442 g/mol. The van der Waals surface area contributed by atoms with E-state index < -0.39 is 10.0 Å². The molecule has 1 aromatic heterocycles. The quantitative estimate of drug-likeness (QED) is 0.553. The molecule has 1 fully saturated rings. The summed E-state index contributed by atoms with van der Waals surface area (Å²) in [4.78, 5) is 27.0. The lowest BCUT2D eigenvalue weighted by atomic mass is 10.1. The van der Waals surface area contributed by atoms with Gasteiger partial charge in [0.15, 0.2) is 0 Å². The van der Waals surface area contributed by atoms with Gasteiger partial charge in [-0.2, -0.15) is 4.31 Å². The van der Waals surface area contributed by atoms with Crippen LogP contribution in [-0.4, -0.2) is 42.9 Å². The first kappa shape index (κ1) is 23.2. The van der Waals surface area contributed by atoms with Crippen molar-refractivity contribution in [2.75, 3.05) is 18.5 Å². The molecule has 2 heterocycles. The van der Waals surface area contributed by atoms with E-state index in [-0.39, 0.29) is 35.6 Å². The maximum Gasteiger partial charge on any atom is 0.252 e. The molecule has 174 valence electrons. The van der Waals surface area contributed by atoms with Crippen molar-refractivity contribution in [1.82, 2.24) is 9.29 Å². The van der Waals surface area contributed by atoms with Crippen molar-refractivity contribution in [2.24, 2.45) is 0 Å². The maximum absolute atomic E-state index is 13.5. The number of nitrogens with zero attached hydrogens (tertiary/aromatic N) is 1. The number of hydrogen-bond donors (Lipinski definition) is 2. The van der Waals surface area contributed by atoms with Crippen LogP contribution in [0.2, 0.25) is 0 Å². The zero-order chi connectivity index (χ0) is 23.6. The van der Waals surface area contributed by atoms with E-state index in [4.69, 9.17) is 4.74 Å². The Morgan fingerprint density at radius 3 is 2.61 bits per heavy atom. The van der Waals surface area contributed by atoms with Gasteiger partial charge in [-0.1, -0.05) is 12.1 Å². The summed E-state index contributed by atoms with van der Waals surface area (Å²) in [5.41, 5.74) is 2.29. The predicted octanol–water partition coefficient (Wildman–Crippen LogP) is 3.16. The summed E-state index contributed by atoms with van der Waals surface area (Å²) >= 11 is 0. The van der Waals surface area contributed by atoms with Crippen LogP contribution in [0.5, 0.6) is 0 Å². The Bertz CT molecular complexity index is 1330. The summed E-state index contributed by atoms with van der Waals surface area (Å²) < 4.78 is 34.1. The second-order valence-electron chi connectivity index (χ2n) is 8.35. The lowest BCUT2D eigenvalue weighted by Crippen LogP contribution is -2.38. The number of nitrogens with one attached hydrogen (secondary N) is 2. The van der Waals surface area contributed by atoms with Gasteiger partial charge in [-0.25, -0.2) is 8.42 Å². The van der Waals surface area contributed by atoms with Gasteiger partial charge >= 0.3 is 0 Å². The SMILES string of the molecule is CC(=O)Nc1ccc(S(=O)(=O)N(Cc2cc3ccc(C)cc3[nH]c2=O)C[C@@H]2CCCO2)cc1. The molecule has 2 aromatic carbocycles. The van der Waals surface area contributed by atoms with Gasteiger partial charge in [-0.15, -0.1) is 0 Å². The molecule has 0 aliphatic carbocycles. The summed E-state index contributed by atoms with van der Waals surface area (Å²) in [6, 6.07) is 13.5. The zero-order valence-electron chi connectivity index (χ0n) is 18.6. The summed E-state index contributed by atoms with van der Waals surface area (Å²) in [6.07, 6.45) is 1.42. The Labute approximate surface area is 192 Å². The van der Waals surface area contributed by atoms with Crippen molar-refractivity contribution >= 4 is 32.5 Å². The highest BCUT2D eigenvalue weighted by Crippen LogP contribution is 2.24. The molecule has 1 atom stereocenters. The lowest BCUT2D eigenvalue weighted by Gasteiger charge is -2.25. The van der Waals surface area contributed by atoms with Crippen LogP contribution in [0.1, 0.15) is 30.9 Å².